The van der Waals surface area contributed by atoms with Gasteiger partial charge < -0.3 is 15.0 Å². The Morgan fingerprint density at radius 3 is 2.28 bits per heavy atom. The lowest BCUT2D eigenvalue weighted by Gasteiger charge is -2.41. The van der Waals surface area contributed by atoms with Gasteiger partial charge in [-0.05, 0) is 26.7 Å². The Morgan fingerprint density at radius 1 is 1.39 bits per heavy atom. The molecule has 1 heterocycles. The quantitative estimate of drug-likeness (QED) is 0.822. The van der Waals surface area contributed by atoms with Crippen LogP contribution in [0.5, 0.6) is 0 Å². The third-order valence-corrected chi connectivity index (χ3v) is 2.43. The number of amides is 1. The van der Waals surface area contributed by atoms with Gasteiger partial charge in [0, 0.05) is 25.7 Å². The fourth-order valence-corrected chi connectivity index (χ4v) is 1.70. The summed E-state index contributed by atoms with van der Waals surface area (Å²) in [5.74, 6) is 0.977. The van der Waals surface area contributed by atoms with Gasteiger partial charge >= 0.3 is 0 Å². The first-order chi connectivity index (χ1) is 8.20. The third-order valence-electron chi connectivity index (χ3n) is 2.43. The molecule has 1 N–H and O–H groups in total. The fourth-order valence-electron chi connectivity index (χ4n) is 1.70. The molecule has 0 spiro atoms. The Morgan fingerprint density at radius 2 is 1.89 bits per heavy atom. The van der Waals surface area contributed by atoms with E-state index >= 15 is 0 Å². The van der Waals surface area contributed by atoms with E-state index in [1.807, 2.05) is 4.90 Å². The van der Waals surface area contributed by atoms with E-state index in [1.54, 1.807) is 7.11 Å². The Balaban J connectivity index is 0.000000631. The van der Waals surface area contributed by atoms with E-state index in [2.05, 4.69) is 46.9 Å². The molecule has 0 aliphatic carbocycles. The summed E-state index contributed by atoms with van der Waals surface area (Å²) < 4.78 is 5.00. The van der Waals surface area contributed by atoms with Gasteiger partial charge in [-0.3, -0.25) is 4.79 Å². The normalized spacial score (nSPS) is 20.8. The molecule has 1 amide bonds. The van der Waals surface area contributed by atoms with Gasteiger partial charge in [0.1, 0.15) is 6.04 Å². The maximum atomic E-state index is 11.9. The van der Waals surface area contributed by atoms with E-state index in [1.165, 1.54) is 0 Å². The molecule has 1 aliphatic rings. The standard InChI is InChI=1S/C10H20N2O2.C4H10/c1-10(2,3)12-6-5-11-8(7-14-4)9(12)13;1-4(2)3/h8,11H,5-7H2,1-4H3;4H,1-3H3. The van der Waals surface area contributed by atoms with Crippen molar-refractivity contribution in [3.05, 3.63) is 0 Å². The second-order valence-electron chi connectivity index (χ2n) is 6.35. The lowest BCUT2D eigenvalue weighted by molar-refractivity contribution is -0.142. The zero-order valence-electron chi connectivity index (χ0n) is 13.0. The lowest BCUT2D eigenvalue weighted by Crippen LogP contribution is -2.61. The Bertz CT molecular complexity index is 242. The lowest BCUT2D eigenvalue weighted by atomic mass is 10.0. The van der Waals surface area contributed by atoms with Crippen molar-refractivity contribution in [3.8, 4) is 0 Å². The predicted molar refractivity (Wildman–Crippen MR) is 75.6 cm³/mol. The number of nitrogens with zero attached hydrogens (tertiary/aromatic N) is 1. The van der Waals surface area contributed by atoms with Crippen LogP contribution in [0.1, 0.15) is 41.5 Å². The van der Waals surface area contributed by atoms with Gasteiger partial charge in [-0.25, -0.2) is 0 Å². The second-order valence-corrected chi connectivity index (χ2v) is 6.35. The number of carbonyl (C=O) groups excluding carboxylic acids is 1. The summed E-state index contributed by atoms with van der Waals surface area (Å²) in [6.07, 6.45) is 0. The molecule has 0 saturated carbocycles. The maximum absolute atomic E-state index is 11.9. The van der Waals surface area contributed by atoms with Crippen molar-refractivity contribution in [1.82, 2.24) is 10.2 Å². The molecule has 1 rings (SSSR count). The van der Waals surface area contributed by atoms with Crippen molar-refractivity contribution in [1.29, 1.82) is 0 Å². The van der Waals surface area contributed by atoms with Crippen LogP contribution in [-0.2, 0) is 9.53 Å². The van der Waals surface area contributed by atoms with Crippen molar-refractivity contribution in [2.75, 3.05) is 26.8 Å². The molecule has 4 nitrogen and oxygen atoms in total. The molecule has 1 fully saturated rings. The molecule has 4 heteroatoms. The van der Waals surface area contributed by atoms with Crippen LogP contribution in [0.4, 0.5) is 0 Å². The average molecular weight is 258 g/mol. The predicted octanol–water partition coefficient (Wildman–Crippen LogP) is 1.89. The summed E-state index contributed by atoms with van der Waals surface area (Å²) in [6, 6.07) is -0.173. The molecule has 18 heavy (non-hydrogen) atoms. The van der Waals surface area contributed by atoms with Gasteiger partial charge in [-0.2, -0.15) is 0 Å². The van der Waals surface area contributed by atoms with Gasteiger partial charge in [-0.15, -0.1) is 0 Å². The van der Waals surface area contributed by atoms with E-state index in [0.717, 1.165) is 19.0 Å². The molecular weight excluding hydrogens is 228 g/mol. The van der Waals surface area contributed by atoms with E-state index in [9.17, 15) is 4.79 Å². The Labute approximate surface area is 112 Å². The number of carbonyl (C=O) groups is 1. The number of methoxy groups -OCH3 is 1. The number of piperazine rings is 1. The van der Waals surface area contributed by atoms with Gasteiger partial charge in [0.15, 0.2) is 0 Å². The van der Waals surface area contributed by atoms with E-state index < -0.39 is 0 Å². The van der Waals surface area contributed by atoms with Crippen molar-refractivity contribution in [2.24, 2.45) is 5.92 Å². The highest BCUT2D eigenvalue weighted by Gasteiger charge is 2.34. The van der Waals surface area contributed by atoms with Crippen molar-refractivity contribution in [2.45, 2.75) is 53.1 Å². The minimum Gasteiger partial charge on any atom is -0.383 e. The van der Waals surface area contributed by atoms with Crippen LogP contribution in [0, 0.1) is 5.92 Å². The highest BCUT2D eigenvalue weighted by atomic mass is 16.5. The summed E-state index contributed by atoms with van der Waals surface area (Å²) in [6.45, 7) is 14.7. The molecule has 0 aromatic heterocycles. The number of hydrogen-bond acceptors (Lipinski definition) is 3. The Kier molecular flexibility index (Phi) is 7.48. The largest absolute Gasteiger partial charge is 0.383 e. The fraction of sp³-hybridized carbons (Fsp3) is 0.929. The van der Waals surface area contributed by atoms with Crippen molar-refractivity contribution in [3.63, 3.8) is 0 Å². The van der Waals surface area contributed by atoms with Crippen LogP contribution in [0.2, 0.25) is 0 Å². The minimum absolute atomic E-state index is 0.0921. The number of nitrogens with one attached hydrogen (secondary N) is 1. The molecular formula is C14H30N2O2. The molecule has 0 aromatic carbocycles. The van der Waals surface area contributed by atoms with E-state index in [0.29, 0.717) is 6.61 Å². The van der Waals surface area contributed by atoms with Crippen LogP contribution in [-0.4, -0.2) is 49.2 Å². The average Bonchev–Trinajstić information content (AvgIpc) is 2.18. The zero-order valence-corrected chi connectivity index (χ0v) is 13.0. The van der Waals surface area contributed by atoms with Gasteiger partial charge in [0.05, 0.1) is 6.61 Å². The molecule has 0 bridgehead atoms. The SMILES string of the molecule is CC(C)C.COCC1NCCN(C(C)(C)C)C1=O. The Hall–Kier alpha value is -0.610. The molecule has 1 atom stereocenters. The monoisotopic (exact) mass is 258 g/mol. The van der Waals surface area contributed by atoms with Crippen LogP contribution >= 0.6 is 0 Å². The highest BCUT2D eigenvalue weighted by Crippen LogP contribution is 2.16. The summed E-state index contributed by atoms with van der Waals surface area (Å²) in [5, 5.41) is 3.16. The van der Waals surface area contributed by atoms with Gasteiger partial charge in [0.25, 0.3) is 0 Å². The summed E-state index contributed by atoms with van der Waals surface area (Å²) in [7, 11) is 1.62. The first-order valence-corrected chi connectivity index (χ1v) is 6.74. The topological polar surface area (TPSA) is 41.6 Å². The minimum atomic E-state index is -0.173. The van der Waals surface area contributed by atoms with E-state index in [4.69, 9.17) is 4.74 Å². The smallest absolute Gasteiger partial charge is 0.242 e. The first-order valence-electron chi connectivity index (χ1n) is 6.74. The van der Waals surface area contributed by atoms with Crippen LogP contribution < -0.4 is 5.32 Å². The first kappa shape index (κ1) is 17.4. The molecule has 108 valence electrons. The third kappa shape index (κ3) is 6.36. The van der Waals surface area contributed by atoms with Crippen molar-refractivity contribution < 1.29 is 9.53 Å². The highest BCUT2D eigenvalue weighted by molar-refractivity contribution is 5.83. The van der Waals surface area contributed by atoms with Crippen LogP contribution in [0.3, 0.4) is 0 Å². The molecule has 0 aromatic rings. The second kappa shape index (κ2) is 7.74. The van der Waals surface area contributed by atoms with Crippen LogP contribution in [0.15, 0.2) is 0 Å². The molecule has 1 saturated heterocycles. The van der Waals surface area contributed by atoms with E-state index in [-0.39, 0.29) is 17.5 Å². The zero-order chi connectivity index (χ0) is 14.3. The van der Waals surface area contributed by atoms with Gasteiger partial charge in [-0.1, -0.05) is 20.8 Å². The molecule has 1 aliphatic heterocycles. The maximum Gasteiger partial charge on any atom is 0.242 e. The summed E-state index contributed by atoms with van der Waals surface area (Å²) >= 11 is 0. The summed E-state index contributed by atoms with van der Waals surface area (Å²) in [4.78, 5) is 13.9. The number of ether oxygens (including phenoxy) is 1. The van der Waals surface area contributed by atoms with Gasteiger partial charge in [0.2, 0.25) is 5.91 Å². The van der Waals surface area contributed by atoms with Crippen molar-refractivity contribution >= 4 is 5.91 Å². The number of hydrogen-bond donors (Lipinski definition) is 1. The summed E-state index contributed by atoms with van der Waals surface area (Å²) in [5.41, 5.74) is -0.0921. The number of rotatable bonds is 2. The molecule has 0 radical (unpaired) electrons. The van der Waals surface area contributed by atoms with Crippen LogP contribution in [0.25, 0.3) is 0 Å². The molecule has 1 unspecified atom stereocenters.